The molecule has 0 aromatic heterocycles. The average Bonchev–Trinajstić information content (AvgIpc) is 2.26. The van der Waals surface area contributed by atoms with Gasteiger partial charge in [0.25, 0.3) is 0 Å². The Morgan fingerprint density at radius 2 is 2.06 bits per heavy atom. The predicted octanol–water partition coefficient (Wildman–Crippen LogP) is 4.28. The van der Waals surface area contributed by atoms with Gasteiger partial charge >= 0.3 is 0 Å². The van der Waals surface area contributed by atoms with Crippen molar-refractivity contribution in [3.05, 3.63) is 40.0 Å². The first-order chi connectivity index (χ1) is 7.65. The maximum Gasteiger partial charge on any atom is 0.127 e. The first-order valence-electron chi connectivity index (χ1n) is 5.39. The lowest BCUT2D eigenvalue weighted by Gasteiger charge is -2.09. The summed E-state index contributed by atoms with van der Waals surface area (Å²) in [6, 6.07) is 13.7. The van der Waals surface area contributed by atoms with Crippen molar-refractivity contribution in [1.82, 2.24) is 0 Å². The van der Waals surface area contributed by atoms with E-state index in [1.807, 2.05) is 6.07 Å². The minimum Gasteiger partial charge on any atom is -0.493 e. The molecule has 16 heavy (non-hydrogen) atoms. The lowest BCUT2D eigenvalue weighted by Crippen LogP contribution is -2.04. The first kappa shape index (κ1) is 11.7. The zero-order chi connectivity index (χ0) is 11.5. The maximum atomic E-state index is 5.65. The van der Waals surface area contributed by atoms with Crippen LogP contribution in [0.15, 0.2) is 30.3 Å². The summed E-state index contributed by atoms with van der Waals surface area (Å²) in [6.45, 7) is 5.03. The molecule has 0 aliphatic rings. The van der Waals surface area contributed by atoms with Crippen LogP contribution in [0.3, 0.4) is 0 Å². The molecule has 2 rings (SSSR count). The predicted molar refractivity (Wildman–Crippen MR) is 75.8 cm³/mol. The normalized spacial score (nSPS) is 11.0. The second-order valence-corrected chi connectivity index (χ2v) is 5.50. The Labute approximate surface area is 110 Å². The summed E-state index contributed by atoms with van der Waals surface area (Å²) >= 11 is 2.32. The highest BCUT2D eigenvalue weighted by Crippen LogP contribution is 2.22. The Kier molecular flexibility index (Phi) is 3.69. The first-order valence-corrected chi connectivity index (χ1v) is 6.47. The van der Waals surface area contributed by atoms with Gasteiger partial charge in [0.1, 0.15) is 5.75 Å². The molecule has 1 radical (unpaired) electrons. The van der Waals surface area contributed by atoms with Gasteiger partial charge in [0.05, 0.1) is 6.61 Å². The third-order valence-corrected chi connectivity index (χ3v) is 2.93. The summed E-state index contributed by atoms with van der Waals surface area (Å²) in [7, 11) is 0. The van der Waals surface area contributed by atoms with E-state index in [-0.39, 0.29) is 0 Å². The van der Waals surface area contributed by atoms with E-state index in [0.717, 1.165) is 17.7 Å². The molecule has 0 spiro atoms. The van der Waals surface area contributed by atoms with Crippen molar-refractivity contribution in [2.75, 3.05) is 6.61 Å². The SMILES string of the molecule is CC(C)COc1[c]c2ccc(I)cc2cc1. The number of hydrogen-bond donors (Lipinski definition) is 0. The third-order valence-electron chi connectivity index (χ3n) is 2.26. The van der Waals surface area contributed by atoms with Crippen LogP contribution in [0.5, 0.6) is 5.75 Å². The number of ether oxygens (including phenoxy) is 1. The fourth-order valence-corrected chi connectivity index (χ4v) is 1.98. The minimum absolute atomic E-state index is 0.542. The van der Waals surface area contributed by atoms with E-state index in [0.29, 0.717) is 5.92 Å². The molecule has 2 aromatic carbocycles. The largest absolute Gasteiger partial charge is 0.493 e. The topological polar surface area (TPSA) is 9.23 Å². The van der Waals surface area contributed by atoms with E-state index in [2.05, 4.69) is 66.8 Å². The Balaban J connectivity index is 2.26. The van der Waals surface area contributed by atoms with Crippen LogP contribution < -0.4 is 4.74 Å². The molecule has 0 N–H and O–H groups in total. The fraction of sp³-hybridized carbons (Fsp3) is 0.286. The Hall–Kier alpha value is -0.770. The van der Waals surface area contributed by atoms with Crippen LogP contribution >= 0.6 is 22.6 Å². The van der Waals surface area contributed by atoms with Crippen molar-refractivity contribution in [2.24, 2.45) is 5.92 Å². The molecule has 0 unspecified atom stereocenters. The molecule has 83 valence electrons. The summed E-state index contributed by atoms with van der Waals surface area (Å²) in [5.41, 5.74) is 0. The Morgan fingerprint density at radius 3 is 2.81 bits per heavy atom. The summed E-state index contributed by atoms with van der Waals surface area (Å²) in [5.74, 6) is 1.38. The maximum absolute atomic E-state index is 5.65. The van der Waals surface area contributed by atoms with Gasteiger partial charge in [-0.05, 0) is 57.5 Å². The molecular formula is C14H14IO. The quantitative estimate of drug-likeness (QED) is 0.766. The lowest BCUT2D eigenvalue weighted by atomic mass is 10.1. The lowest BCUT2D eigenvalue weighted by molar-refractivity contribution is 0.271. The van der Waals surface area contributed by atoms with Crippen LogP contribution in [-0.4, -0.2) is 6.61 Å². The van der Waals surface area contributed by atoms with Gasteiger partial charge in [-0.25, -0.2) is 0 Å². The van der Waals surface area contributed by atoms with Crippen molar-refractivity contribution in [3.63, 3.8) is 0 Å². The molecule has 0 atom stereocenters. The number of benzene rings is 2. The van der Waals surface area contributed by atoms with Gasteiger partial charge in [-0.15, -0.1) is 0 Å². The highest BCUT2D eigenvalue weighted by Gasteiger charge is 2.00. The van der Waals surface area contributed by atoms with Gasteiger partial charge in [-0.3, -0.25) is 0 Å². The molecule has 0 fully saturated rings. The molecule has 0 heterocycles. The van der Waals surface area contributed by atoms with E-state index in [1.54, 1.807) is 0 Å². The van der Waals surface area contributed by atoms with E-state index in [1.165, 1.54) is 8.96 Å². The second-order valence-electron chi connectivity index (χ2n) is 4.26. The monoisotopic (exact) mass is 325 g/mol. The number of halogens is 1. The molecule has 2 aromatic rings. The van der Waals surface area contributed by atoms with Gasteiger partial charge in [-0.1, -0.05) is 26.0 Å². The Bertz CT molecular complexity index is 491. The van der Waals surface area contributed by atoms with Gasteiger partial charge in [0.15, 0.2) is 0 Å². The number of rotatable bonds is 3. The van der Waals surface area contributed by atoms with Gasteiger partial charge in [0, 0.05) is 9.64 Å². The smallest absolute Gasteiger partial charge is 0.127 e. The van der Waals surface area contributed by atoms with E-state index < -0.39 is 0 Å². The number of hydrogen-bond acceptors (Lipinski definition) is 1. The van der Waals surface area contributed by atoms with Crippen LogP contribution in [0.25, 0.3) is 10.8 Å². The van der Waals surface area contributed by atoms with Crippen molar-refractivity contribution >= 4 is 33.4 Å². The highest BCUT2D eigenvalue weighted by atomic mass is 127. The van der Waals surface area contributed by atoms with Gasteiger partial charge < -0.3 is 4.74 Å². The highest BCUT2D eigenvalue weighted by molar-refractivity contribution is 14.1. The Morgan fingerprint density at radius 1 is 1.25 bits per heavy atom. The third kappa shape index (κ3) is 2.88. The van der Waals surface area contributed by atoms with Crippen LogP contribution in [0, 0.1) is 15.6 Å². The fourth-order valence-electron chi connectivity index (χ4n) is 1.47. The average molecular weight is 325 g/mol. The van der Waals surface area contributed by atoms with Crippen molar-refractivity contribution in [1.29, 1.82) is 0 Å². The zero-order valence-corrected chi connectivity index (χ0v) is 11.6. The van der Waals surface area contributed by atoms with Gasteiger partial charge in [-0.2, -0.15) is 0 Å². The molecule has 1 nitrogen and oxygen atoms in total. The second kappa shape index (κ2) is 5.04. The van der Waals surface area contributed by atoms with Crippen molar-refractivity contribution in [3.8, 4) is 5.75 Å². The van der Waals surface area contributed by atoms with Gasteiger partial charge in [0.2, 0.25) is 0 Å². The molecule has 0 saturated carbocycles. The zero-order valence-electron chi connectivity index (χ0n) is 9.46. The molecule has 0 amide bonds. The van der Waals surface area contributed by atoms with Crippen LogP contribution in [-0.2, 0) is 0 Å². The number of fused-ring (bicyclic) bond motifs is 1. The molecule has 0 aliphatic carbocycles. The summed E-state index contributed by atoms with van der Waals surface area (Å²) in [5, 5.41) is 2.32. The van der Waals surface area contributed by atoms with E-state index >= 15 is 0 Å². The molecule has 0 bridgehead atoms. The molecule has 0 saturated heterocycles. The van der Waals surface area contributed by atoms with E-state index in [4.69, 9.17) is 4.74 Å². The standard InChI is InChI=1S/C14H14IO/c1-10(2)9-16-14-6-4-11-7-13(15)5-3-12(11)8-14/h3-7,10H,9H2,1-2H3. The molecule has 0 aliphatic heterocycles. The van der Waals surface area contributed by atoms with Crippen molar-refractivity contribution in [2.45, 2.75) is 13.8 Å². The van der Waals surface area contributed by atoms with Crippen LogP contribution in [0.2, 0.25) is 0 Å². The summed E-state index contributed by atoms with van der Waals surface area (Å²) < 4.78 is 6.89. The van der Waals surface area contributed by atoms with Crippen LogP contribution in [0.4, 0.5) is 0 Å². The molecule has 2 heteroatoms. The minimum atomic E-state index is 0.542. The summed E-state index contributed by atoms with van der Waals surface area (Å²) in [6.07, 6.45) is 0. The molecular weight excluding hydrogens is 311 g/mol. The van der Waals surface area contributed by atoms with Crippen LogP contribution in [0.1, 0.15) is 13.8 Å². The summed E-state index contributed by atoms with van der Waals surface area (Å²) in [4.78, 5) is 0. The van der Waals surface area contributed by atoms with Crippen molar-refractivity contribution < 1.29 is 4.74 Å². The van der Waals surface area contributed by atoms with E-state index in [9.17, 15) is 0 Å².